The first-order valence-electron chi connectivity index (χ1n) is 12.1. The van der Waals surface area contributed by atoms with Gasteiger partial charge in [0.15, 0.2) is 5.78 Å². The highest BCUT2D eigenvalue weighted by Crippen LogP contribution is 2.45. The Bertz CT molecular complexity index is 1360. The summed E-state index contributed by atoms with van der Waals surface area (Å²) in [5.74, 6) is 0.235. The van der Waals surface area contributed by atoms with Crippen LogP contribution in [0.2, 0.25) is 0 Å². The Kier molecular flexibility index (Phi) is 6.42. The minimum absolute atomic E-state index is 0.0619. The third kappa shape index (κ3) is 4.54. The molecule has 2 N–H and O–H groups in total. The summed E-state index contributed by atoms with van der Waals surface area (Å²) in [5.41, 5.74) is 6.66. The SMILES string of the molecule is COc1ccc(C2CC(=O)C3=C(C2)NC(C)=C(C(=O)Nc2cccnc2)C3c2ccc(C)cc2)cc1. The van der Waals surface area contributed by atoms with E-state index in [0.717, 1.165) is 33.8 Å². The number of benzene rings is 2. The van der Waals surface area contributed by atoms with Crippen molar-refractivity contribution in [3.8, 4) is 5.75 Å². The van der Waals surface area contributed by atoms with Gasteiger partial charge in [-0.25, -0.2) is 0 Å². The summed E-state index contributed by atoms with van der Waals surface area (Å²) in [5, 5.41) is 6.40. The van der Waals surface area contributed by atoms with Gasteiger partial charge in [0.1, 0.15) is 5.75 Å². The van der Waals surface area contributed by atoms with Crippen molar-refractivity contribution >= 4 is 17.4 Å². The number of rotatable bonds is 5. The standard InChI is InChI=1S/C30H29N3O3/c1-18-6-8-21(9-7-18)28-27(30(35)33-23-5-4-14-31-17-23)19(2)32-25-15-22(16-26(34)29(25)28)20-10-12-24(36-3)13-11-20/h4-14,17,22,28,32H,15-16H2,1-3H3,(H,33,35). The maximum atomic E-state index is 13.7. The summed E-state index contributed by atoms with van der Waals surface area (Å²) in [7, 11) is 1.64. The van der Waals surface area contributed by atoms with Gasteiger partial charge in [-0.05, 0) is 61.6 Å². The maximum absolute atomic E-state index is 13.7. The molecule has 6 heteroatoms. The summed E-state index contributed by atoms with van der Waals surface area (Å²) in [6.07, 6.45) is 4.37. The Morgan fingerprint density at radius 1 is 1.00 bits per heavy atom. The fourth-order valence-electron chi connectivity index (χ4n) is 5.18. The zero-order valence-electron chi connectivity index (χ0n) is 20.7. The number of ketones is 1. The number of methoxy groups -OCH3 is 1. The van der Waals surface area contributed by atoms with Crippen molar-refractivity contribution in [2.75, 3.05) is 12.4 Å². The smallest absolute Gasteiger partial charge is 0.254 e. The number of hydrogen-bond acceptors (Lipinski definition) is 5. The Labute approximate surface area is 211 Å². The molecule has 5 rings (SSSR count). The fraction of sp³-hybridized carbons (Fsp3) is 0.233. The minimum Gasteiger partial charge on any atom is -0.497 e. The molecule has 0 fully saturated rings. The van der Waals surface area contributed by atoms with Crippen molar-refractivity contribution in [1.29, 1.82) is 0 Å². The van der Waals surface area contributed by atoms with Crippen molar-refractivity contribution < 1.29 is 14.3 Å². The molecule has 0 radical (unpaired) electrons. The van der Waals surface area contributed by atoms with Crippen LogP contribution in [0.25, 0.3) is 0 Å². The van der Waals surface area contributed by atoms with E-state index in [-0.39, 0.29) is 17.6 Å². The van der Waals surface area contributed by atoms with E-state index in [0.29, 0.717) is 29.7 Å². The molecule has 6 nitrogen and oxygen atoms in total. The molecule has 1 aliphatic carbocycles. The maximum Gasteiger partial charge on any atom is 0.254 e. The third-order valence-electron chi connectivity index (χ3n) is 6.99. The molecule has 0 bridgehead atoms. The van der Waals surface area contributed by atoms with Crippen LogP contribution in [0, 0.1) is 6.92 Å². The number of anilines is 1. The molecule has 0 spiro atoms. The van der Waals surface area contributed by atoms with Crippen LogP contribution >= 0.6 is 0 Å². The molecule has 0 saturated heterocycles. The van der Waals surface area contributed by atoms with E-state index in [1.54, 1.807) is 31.6 Å². The van der Waals surface area contributed by atoms with E-state index in [4.69, 9.17) is 4.74 Å². The molecule has 0 saturated carbocycles. The predicted molar refractivity (Wildman–Crippen MR) is 140 cm³/mol. The number of hydrogen-bond donors (Lipinski definition) is 2. The minimum atomic E-state index is -0.442. The average Bonchev–Trinajstić information content (AvgIpc) is 2.89. The lowest BCUT2D eigenvalue weighted by atomic mass is 9.71. The van der Waals surface area contributed by atoms with Crippen molar-refractivity contribution in [3.63, 3.8) is 0 Å². The number of nitrogens with one attached hydrogen (secondary N) is 2. The molecule has 2 aromatic carbocycles. The first-order chi connectivity index (χ1) is 17.4. The number of allylic oxidation sites excluding steroid dienone is 3. The van der Waals surface area contributed by atoms with Crippen LogP contribution in [0.3, 0.4) is 0 Å². The Balaban J connectivity index is 1.54. The molecule has 1 amide bonds. The normalized spacial score (nSPS) is 19.5. The monoisotopic (exact) mass is 479 g/mol. The second-order valence-electron chi connectivity index (χ2n) is 9.40. The van der Waals surface area contributed by atoms with E-state index in [9.17, 15) is 9.59 Å². The summed E-state index contributed by atoms with van der Waals surface area (Å²) in [6, 6.07) is 19.6. The molecular weight excluding hydrogens is 450 g/mol. The molecule has 1 aromatic heterocycles. The van der Waals surface area contributed by atoms with Gasteiger partial charge in [-0.1, -0.05) is 42.0 Å². The van der Waals surface area contributed by atoms with E-state index >= 15 is 0 Å². The van der Waals surface area contributed by atoms with Gasteiger partial charge >= 0.3 is 0 Å². The molecule has 2 unspecified atom stereocenters. The van der Waals surface area contributed by atoms with Crippen LogP contribution < -0.4 is 15.4 Å². The summed E-state index contributed by atoms with van der Waals surface area (Å²) < 4.78 is 5.29. The second kappa shape index (κ2) is 9.82. The van der Waals surface area contributed by atoms with Crippen LogP contribution in [-0.4, -0.2) is 23.8 Å². The lowest BCUT2D eigenvalue weighted by Crippen LogP contribution is -2.37. The van der Waals surface area contributed by atoms with Gasteiger partial charge in [0, 0.05) is 41.1 Å². The van der Waals surface area contributed by atoms with Crippen LogP contribution in [0.15, 0.2) is 95.6 Å². The van der Waals surface area contributed by atoms with Crippen LogP contribution in [0.5, 0.6) is 5.75 Å². The number of carbonyl (C=O) groups excluding carboxylic acids is 2. The van der Waals surface area contributed by atoms with Crippen molar-refractivity contribution in [3.05, 3.63) is 112 Å². The lowest BCUT2D eigenvalue weighted by Gasteiger charge is -2.37. The number of aryl methyl sites for hydroxylation is 1. The largest absolute Gasteiger partial charge is 0.497 e. The van der Waals surface area contributed by atoms with Gasteiger partial charge in [-0.3, -0.25) is 14.6 Å². The quantitative estimate of drug-likeness (QED) is 0.512. The van der Waals surface area contributed by atoms with Crippen LogP contribution in [0.4, 0.5) is 5.69 Å². The van der Waals surface area contributed by atoms with E-state index in [1.165, 1.54) is 0 Å². The number of dihydropyridines is 1. The van der Waals surface area contributed by atoms with Gasteiger partial charge in [0.25, 0.3) is 5.91 Å². The Morgan fingerprint density at radius 3 is 2.39 bits per heavy atom. The fourth-order valence-corrected chi connectivity index (χ4v) is 5.18. The molecule has 2 heterocycles. The van der Waals surface area contributed by atoms with E-state index in [2.05, 4.69) is 15.6 Å². The number of nitrogens with zero attached hydrogens (tertiary/aromatic N) is 1. The van der Waals surface area contributed by atoms with Crippen molar-refractivity contribution in [2.45, 2.75) is 38.5 Å². The van der Waals surface area contributed by atoms with Crippen LogP contribution in [0.1, 0.15) is 48.3 Å². The average molecular weight is 480 g/mol. The predicted octanol–water partition coefficient (Wildman–Crippen LogP) is 5.40. The number of pyridine rings is 1. The first kappa shape index (κ1) is 23.5. The first-order valence-corrected chi connectivity index (χ1v) is 12.1. The number of amides is 1. The molecule has 36 heavy (non-hydrogen) atoms. The molecular formula is C30H29N3O3. The summed E-state index contributed by atoms with van der Waals surface area (Å²) >= 11 is 0. The summed E-state index contributed by atoms with van der Waals surface area (Å²) in [4.78, 5) is 31.4. The Morgan fingerprint density at radius 2 is 1.72 bits per heavy atom. The van der Waals surface area contributed by atoms with Gasteiger partial charge in [0.05, 0.1) is 19.0 Å². The number of carbonyl (C=O) groups is 2. The molecule has 2 aliphatic rings. The van der Waals surface area contributed by atoms with Gasteiger partial charge in [0.2, 0.25) is 0 Å². The van der Waals surface area contributed by atoms with Gasteiger partial charge in [-0.2, -0.15) is 0 Å². The van der Waals surface area contributed by atoms with Crippen molar-refractivity contribution in [1.82, 2.24) is 10.3 Å². The molecule has 2 atom stereocenters. The highest BCUT2D eigenvalue weighted by Gasteiger charge is 2.40. The third-order valence-corrected chi connectivity index (χ3v) is 6.99. The molecule has 3 aromatic rings. The van der Waals surface area contributed by atoms with E-state index < -0.39 is 5.92 Å². The Hall–Kier alpha value is -4.19. The molecule has 182 valence electrons. The number of aromatic nitrogens is 1. The van der Waals surface area contributed by atoms with Crippen LogP contribution in [-0.2, 0) is 9.59 Å². The zero-order valence-corrected chi connectivity index (χ0v) is 20.7. The highest BCUT2D eigenvalue weighted by atomic mass is 16.5. The number of ether oxygens (including phenoxy) is 1. The van der Waals surface area contributed by atoms with Gasteiger partial charge in [-0.15, -0.1) is 0 Å². The second-order valence-corrected chi connectivity index (χ2v) is 9.40. The summed E-state index contributed by atoms with van der Waals surface area (Å²) in [6.45, 7) is 3.93. The van der Waals surface area contributed by atoms with E-state index in [1.807, 2.05) is 62.4 Å². The van der Waals surface area contributed by atoms with Gasteiger partial charge < -0.3 is 15.4 Å². The lowest BCUT2D eigenvalue weighted by molar-refractivity contribution is -0.116. The topological polar surface area (TPSA) is 80.3 Å². The van der Waals surface area contributed by atoms with Crippen molar-refractivity contribution in [2.24, 2.45) is 0 Å². The number of Topliss-reactive ketones (excluding diaryl/α,β-unsaturated/α-hetero) is 1. The molecule has 1 aliphatic heterocycles. The highest BCUT2D eigenvalue weighted by molar-refractivity contribution is 6.09. The zero-order chi connectivity index (χ0) is 25.2.